The molecule has 1 aliphatic rings. The number of ether oxygens (including phenoxy) is 1. The van der Waals surface area contributed by atoms with Crippen molar-refractivity contribution in [2.24, 2.45) is 5.41 Å². The van der Waals surface area contributed by atoms with Crippen molar-refractivity contribution in [1.82, 2.24) is 0 Å². The Balaban J connectivity index is 1.94. The van der Waals surface area contributed by atoms with Crippen molar-refractivity contribution in [3.05, 3.63) is 29.8 Å². The van der Waals surface area contributed by atoms with Gasteiger partial charge < -0.3 is 10.1 Å². The van der Waals surface area contributed by atoms with Crippen LogP contribution in [-0.2, 0) is 20.5 Å². The van der Waals surface area contributed by atoms with Crippen LogP contribution in [0, 0.1) is 5.41 Å². The average Bonchev–Trinajstić information content (AvgIpc) is 2.98. The number of carbonyl (C=O) groups excluding carboxylic acids is 2. The second-order valence-electron chi connectivity index (χ2n) is 5.83. The summed E-state index contributed by atoms with van der Waals surface area (Å²) in [6.07, 6.45) is -5.39. The molecular formula is C15H14Cl2F3NO3. The topological polar surface area (TPSA) is 55.4 Å². The molecule has 1 saturated carbocycles. The highest BCUT2D eigenvalue weighted by Crippen LogP contribution is 2.64. The van der Waals surface area contributed by atoms with E-state index in [0.717, 1.165) is 24.3 Å². The molecule has 0 bridgehead atoms. The molecule has 1 N–H and O–H groups in total. The quantitative estimate of drug-likeness (QED) is 0.627. The third-order valence-corrected chi connectivity index (χ3v) is 4.94. The molecule has 0 spiro atoms. The predicted octanol–water partition coefficient (Wildman–Crippen LogP) is 4.16. The molecular weight excluding hydrogens is 370 g/mol. The van der Waals surface area contributed by atoms with Crippen molar-refractivity contribution in [1.29, 1.82) is 0 Å². The molecule has 2 atom stereocenters. The molecule has 1 fully saturated rings. The maximum atomic E-state index is 12.5. The first-order chi connectivity index (χ1) is 10.9. The number of nitrogens with one attached hydrogen (secondary N) is 1. The van der Waals surface area contributed by atoms with Crippen molar-refractivity contribution >= 4 is 40.8 Å². The molecule has 9 heteroatoms. The van der Waals surface area contributed by atoms with Gasteiger partial charge in [0.05, 0.1) is 5.56 Å². The zero-order chi connectivity index (χ0) is 18.3. The van der Waals surface area contributed by atoms with Gasteiger partial charge in [-0.15, -0.1) is 23.2 Å². The van der Waals surface area contributed by atoms with Crippen LogP contribution in [0.4, 0.5) is 18.9 Å². The fraction of sp³-hybridized carbons (Fsp3) is 0.467. The lowest BCUT2D eigenvalue weighted by molar-refractivity contribution is -0.158. The third kappa shape index (κ3) is 3.78. The van der Waals surface area contributed by atoms with E-state index in [1.807, 2.05) is 0 Å². The van der Waals surface area contributed by atoms with Crippen LogP contribution in [0.2, 0.25) is 0 Å². The summed E-state index contributed by atoms with van der Waals surface area (Å²) in [5, 5.41) is 2.37. The van der Waals surface area contributed by atoms with Gasteiger partial charge >= 0.3 is 12.1 Å². The number of hydrogen-bond acceptors (Lipinski definition) is 3. The number of hydrogen-bond donors (Lipinski definition) is 1. The number of alkyl halides is 5. The lowest BCUT2D eigenvalue weighted by Gasteiger charge is -2.17. The van der Waals surface area contributed by atoms with Crippen LogP contribution < -0.4 is 5.32 Å². The summed E-state index contributed by atoms with van der Waals surface area (Å²) in [4.78, 5) is 23.9. The highest BCUT2D eigenvalue weighted by atomic mass is 35.5. The first kappa shape index (κ1) is 18.9. The van der Waals surface area contributed by atoms with Gasteiger partial charge in [0.25, 0.3) is 5.91 Å². The molecule has 1 amide bonds. The van der Waals surface area contributed by atoms with E-state index in [1.54, 1.807) is 0 Å². The van der Waals surface area contributed by atoms with E-state index in [9.17, 15) is 22.8 Å². The van der Waals surface area contributed by atoms with Crippen molar-refractivity contribution in [3.63, 3.8) is 0 Å². The maximum Gasteiger partial charge on any atom is 0.416 e. The first-order valence-corrected chi connectivity index (χ1v) is 7.69. The minimum Gasteiger partial charge on any atom is -0.452 e. The summed E-state index contributed by atoms with van der Waals surface area (Å²) in [6.45, 7) is 2.86. The lowest BCUT2D eigenvalue weighted by atomic mass is 10.1. The summed E-state index contributed by atoms with van der Waals surface area (Å²) in [6, 6.07) is 3.90. The lowest BCUT2D eigenvalue weighted by Crippen LogP contribution is -2.33. The first-order valence-electron chi connectivity index (χ1n) is 6.94. The van der Waals surface area contributed by atoms with Crippen molar-refractivity contribution < 1.29 is 27.5 Å². The summed E-state index contributed by atoms with van der Waals surface area (Å²) >= 11 is 11.7. The third-order valence-electron chi connectivity index (χ3n) is 3.84. The van der Waals surface area contributed by atoms with E-state index < -0.39 is 39.5 Å². The fourth-order valence-corrected chi connectivity index (χ4v) is 2.64. The monoisotopic (exact) mass is 383 g/mol. The number of amides is 1. The maximum absolute atomic E-state index is 12.5. The highest BCUT2D eigenvalue weighted by molar-refractivity contribution is 6.53. The van der Waals surface area contributed by atoms with Gasteiger partial charge in [-0.3, -0.25) is 9.59 Å². The van der Waals surface area contributed by atoms with Gasteiger partial charge in [-0.25, -0.2) is 0 Å². The SMILES string of the molecule is C[C@H](OC(=O)[C@@]1(C)CC1(Cl)Cl)C(=O)Nc1ccc(C(F)(F)F)cc1. The number of rotatable bonds is 4. The Kier molecular flexibility index (Phi) is 4.80. The smallest absolute Gasteiger partial charge is 0.416 e. The Morgan fingerprint density at radius 2 is 1.75 bits per heavy atom. The molecule has 0 heterocycles. The summed E-state index contributed by atoms with van der Waals surface area (Å²) in [7, 11) is 0. The Morgan fingerprint density at radius 1 is 1.25 bits per heavy atom. The van der Waals surface area contributed by atoms with Gasteiger partial charge in [0.15, 0.2) is 6.10 Å². The molecule has 0 unspecified atom stereocenters. The summed E-state index contributed by atoms with van der Waals surface area (Å²) in [5.74, 6) is -1.38. The van der Waals surface area contributed by atoms with E-state index in [2.05, 4.69) is 5.32 Å². The fourth-order valence-electron chi connectivity index (χ4n) is 1.95. The van der Waals surface area contributed by atoms with Gasteiger partial charge in [-0.05, 0) is 38.1 Å². The van der Waals surface area contributed by atoms with Gasteiger partial charge in [0.2, 0.25) is 0 Å². The molecule has 132 valence electrons. The zero-order valence-electron chi connectivity index (χ0n) is 12.7. The molecule has 0 aliphatic heterocycles. The van der Waals surface area contributed by atoms with Gasteiger partial charge in [0, 0.05) is 12.1 Å². The minimum absolute atomic E-state index is 0.151. The molecule has 0 saturated heterocycles. The minimum atomic E-state index is -4.46. The number of esters is 1. The molecule has 1 aliphatic carbocycles. The number of halogens is 5. The molecule has 2 rings (SSSR count). The molecule has 0 aromatic heterocycles. The van der Waals surface area contributed by atoms with E-state index in [-0.39, 0.29) is 12.1 Å². The van der Waals surface area contributed by atoms with Gasteiger partial charge in [0.1, 0.15) is 9.75 Å². The van der Waals surface area contributed by atoms with Crippen molar-refractivity contribution in [2.75, 3.05) is 5.32 Å². The normalized spacial score (nSPS) is 23.3. The summed E-state index contributed by atoms with van der Waals surface area (Å²) in [5.41, 5.74) is -1.75. The Labute approximate surface area is 146 Å². The molecule has 1 aromatic rings. The number of anilines is 1. The number of benzene rings is 1. The average molecular weight is 384 g/mol. The molecule has 1 aromatic carbocycles. The molecule has 24 heavy (non-hydrogen) atoms. The van der Waals surface area contributed by atoms with Crippen molar-refractivity contribution in [3.8, 4) is 0 Å². The Morgan fingerprint density at radius 3 is 2.17 bits per heavy atom. The Bertz CT molecular complexity index is 661. The van der Waals surface area contributed by atoms with E-state index in [1.165, 1.54) is 13.8 Å². The Hall–Kier alpha value is -1.47. The second kappa shape index (κ2) is 6.11. The van der Waals surface area contributed by atoms with Crippen LogP contribution in [-0.4, -0.2) is 22.3 Å². The van der Waals surface area contributed by atoms with Crippen LogP contribution in [0.1, 0.15) is 25.8 Å². The van der Waals surface area contributed by atoms with Crippen LogP contribution >= 0.6 is 23.2 Å². The standard InChI is InChI=1S/C15H14Cl2F3NO3/c1-8(24-12(23)13(2)7-14(13,16)17)11(22)21-10-5-3-9(4-6-10)15(18,19)20/h3-6,8H,7H2,1-2H3,(H,21,22)/t8-,13+/m0/s1. The van der Waals surface area contributed by atoms with E-state index in [0.29, 0.717) is 0 Å². The van der Waals surface area contributed by atoms with Crippen LogP contribution in [0.15, 0.2) is 24.3 Å². The highest BCUT2D eigenvalue weighted by Gasteiger charge is 2.69. The van der Waals surface area contributed by atoms with E-state index in [4.69, 9.17) is 27.9 Å². The van der Waals surface area contributed by atoms with Gasteiger partial charge in [-0.1, -0.05) is 0 Å². The second-order valence-corrected chi connectivity index (χ2v) is 7.31. The molecule has 0 radical (unpaired) electrons. The largest absolute Gasteiger partial charge is 0.452 e. The van der Waals surface area contributed by atoms with Crippen LogP contribution in [0.25, 0.3) is 0 Å². The van der Waals surface area contributed by atoms with Gasteiger partial charge in [-0.2, -0.15) is 13.2 Å². The predicted molar refractivity (Wildman–Crippen MR) is 82.8 cm³/mol. The van der Waals surface area contributed by atoms with Crippen LogP contribution in [0.5, 0.6) is 0 Å². The summed E-state index contributed by atoms with van der Waals surface area (Å²) < 4.78 is 41.2. The van der Waals surface area contributed by atoms with Crippen LogP contribution in [0.3, 0.4) is 0 Å². The van der Waals surface area contributed by atoms with E-state index >= 15 is 0 Å². The van der Waals surface area contributed by atoms with Crippen molar-refractivity contribution in [2.45, 2.75) is 36.9 Å². The molecule has 4 nitrogen and oxygen atoms in total. The number of carbonyl (C=O) groups is 2. The zero-order valence-corrected chi connectivity index (χ0v) is 14.2.